The molecule has 3 aromatic rings. The molecule has 0 aliphatic carbocycles. The van der Waals surface area contributed by atoms with E-state index in [4.69, 9.17) is 0 Å². The number of nitrogens with zero attached hydrogens (tertiary/aromatic N) is 3. The first-order chi connectivity index (χ1) is 13.1. The zero-order valence-corrected chi connectivity index (χ0v) is 16.0. The molecule has 7 heteroatoms. The van der Waals surface area contributed by atoms with Gasteiger partial charge in [0.1, 0.15) is 11.9 Å². The van der Waals surface area contributed by atoms with E-state index in [-0.39, 0.29) is 17.9 Å². The first kappa shape index (κ1) is 17.7. The van der Waals surface area contributed by atoms with Gasteiger partial charge in [0.15, 0.2) is 0 Å². The van der Waals surface area contributed by atoms with Gasteiger partial charge in [-0.15, -0.1) is 11.3 Å². The lowest BCUT2D eigenvalue weighted by Crippen LogP contribution is -2.46. The third-order valence-electron chi connectivity index (χ3n) is 5.03. The van der Waals surface area contributed by atoms with Crippen LogP contribution in [0, 0.1) is 6.92 Å². The van der Waals surface area contributed by atoms with E-state index in [0.29, 0.717) is 24.5 Å². The van der Waals surface area contributed by atoms with Crippen LogP contribution in [0.3, 0.4) is 0 Å². The Hall–Kier alpha value is -2.67. The fourth-order valence-corrected chi connectivity index (χ4v) is 4.39. The second kappa shape index (κ2) is 7.52. The van der Waals surface area contributed by atoms with Crippen molar-refractivity contribution in [2.75, 3.05) is 13.1 Å². The molecule has 3 heterocycles. The number of hydrogen-bond acceptors (Lipinski definition) is 4. The topological polar surface area (TPSA) is 67.2 Å². The summed E-state index contributed by atoms with van der Waals surface area (Å²) < 4.78 is 2.11. The molecule has 0 radical (unpaired) electrons. The molecule has 140 valence electrons. The Morgan fingerprint density at radius 1 is 1.26 bits per heavy atom. The number of likely N-dealkylation sites (tertiary alicyclic amines) is 1. The highest BCUT2D eigenvalue weighted by Gasteiger charge is 2.34. The van der Waals surface area contributed by atoms with Gasteiger partial charge in [-0.2, -0.15) is 0 Å². The van der Waals surface area contributed by atoms with E-state index >= 15 is 0 Å². The minimum atomic E-state index is -0.375. The third-order valence-corrected chi connectivity index (χ3v) is 5.89. The fraction of sp³-hybridized carbons (Fsp3) is 0.350. The van der Waals surface area contributed by atoms with Crippen LogP contribution in [-0.4, -0.2) is 45.4 Å². The zero-order valence-electron chi connectivity index (χ0n) is 15.2. The molecule has 1 aromatic carbocycles. The number of rotatable bonds is 5. The lowest BCUT2D eigenvalue weighted by atomic mass is 10.2. The molecular formula is C20H22N4O2S. The first-order valence-corrected chi connectivity index (χ1v) is 10.1. The summed E-state index contributed by atoms with van der Waals surface area (Å²) in [7, 11) is 0. The SMILES string of the molecule is Cc1nc2ccccc2n1CCNC(=O)C1CCCN1C(=O)c1cccs1. The Bertz CT molecular complexity index is 964. The number of imidazole rings is 1. The smallest absolute Gasteiger partial charge is 0.264 e. The molecule has 27 heavy (non-hydrogen) atoms. The number of aryl methyl sites for hydroxylation is 1. The van der Waals surface area contributed by atoms with Crippen molar-refractivity contribution in [1.29, 1.82) is 0 Å². The van der Waals surface area contributed by atoms with Crippen LogP contribution in [0.25, 0.3) is 11.0 Å². The number of carbonyl (C=O) groups excluding carboxylic acids is 2. The largest absolute Gasteiger partial charge is 0.353 e. The maximum absolute atomic E-state index is 12.7. The summed E-state index contributed by atoms with van der Waals surface area (Å²) in [6.07, 6.45) is 1.58. The summed E-state index contributed by atoms with van der Waals surface area (Å²) in [6, 6.07) is 11.3. The Morgan fingerprint density at radius 2 is 2.11 bits per heavy atom. The highest BCUT2D eigenvalue weighted by atomic mass is 32.1. The average molecular weight is 382 g/mol. The van der Waals surface area contributed by atoms with E-state index in [1.54, 1.807) is 4.90 Å². The van der Waals surface area contributed by atoms with Crippen molar-refractivity contribution in [2.24, 2.45) is 0 Å². The van der Waals surface area contributed by atoms with Crippen molar-refractivity contribution in [3.05, 3.63) is 52.5 Å². The van der Waals surface area contributed by atoms with E-state index in [1.807, 2.05) is 48.7 Å². The molecule has 0 spiro atoms. The van der Waals surface area contributed by atoms with E-state index in [2.05, 4.69) is 14.9 Å². The van der Waals surface area contributed by atoms with Gasteiger partial charge in [-0.25, -0.2) is 4.98 Å². The van der Waals surface area contributed by atoms with Gasteiger partial charge in [-0.3, -0.25) is 9.59 Å². The van der Waals surface area contributed by atoms with Gasteiger partial charge in [0.05, 0.1) is 15.9 Å². The van der Waals surface area contributed by atoms with Crippen molar-refractivity contribution in [3.63, 3.8) is 0 Å². The predicted octanol–water partition coefficient (Wildman–Crippen LogP) is 2.83. The number of hydrogen-bond donors (Lipinski definition) is 1. The number of amides is 2. The molecule has 1 aliphatic heterocycles. The molecule has 1 N–H and O–H groups in total. The Labute approximate surface area is 161 Å². The highest BCUT2D eigenvalue weighted by Crippen LogP contribution is 2.22. The maximum atomic E-state index is 12.7. The summed E-state index contributed by atoms with van der Waals surface area (Å²) in [5, 5.41) is 4.89. The standard InChI is InChI=1S/C20H22N4O2S/c1-14-22-15-6-2-3-7-16(15)23(14)12-10-21-19(25)17-8-4-11-24(17)20(26)18-9-5-13-27-18/h2-3,5-7,9,13,17H,4,8,10-12H2,1H3,(H,21,25). The number of benzene rings is 1. The maximum Gasteiger partial charge on any atom is 0.264 e. The van der Waals surface area contributed by atoms with Gasteiger partial charge in [0, 0.05) is 19.6 Å². The van der Waals surface area contributed by atoms with Crippen LogP contribution in [0.4, 0.5) is 0 Å². The normalized spacial score (nSPS) is 16.8. The van der Waals surface area contributed by atoms with Crippen LogP contribution in [0.15, 0.2) is 41.8 Å². The van der Waals surface area contributed by atoms with E-state index in [9.17, 15) is 9.59 Å². The average Bonchev–Trinajstić information content (AvgIpc) is 3.41. The summed E-state index contributed by atoms with van der Waals surface area (Å²) in [4.78, 5) is 32.2. The third kappa shape index (κ3) is 3.47. The zero-order chi connectivity index (χ0) is 18.8. The van der Waals surface area contributed by atoms with Crippen molar-refractivity contribution < 1.29 is 9.59 Å². The summed E-state index contributed by atoms with van der Waals surface area (Å²) in [5.41, 5.74) is 2.03. The van der Waals surface area contributed by atoms with Gasteiger partial charge in [-0.1, -0.05) is 18.2 Å². The molecule has 0 saturated carbocycles. The fourth-order valence-electron chi connectivity index (χ4n) is 3.71. The summed E-state index contributed by atoms with van der Waals surface area (Å²) >= 11 is 1.42. The van der Waals surface area contributed by atoms with Gasteiger partial charge >= 0.3 is 0 Å². The number of thiophene rings is 1. The molecule has 2 aromatic heterocycles. The molecule has 1 saturated heterocycles. The second-order valence-corrected chi connectivity index (χ2v) is 7.67. The van der Waals surface area contributed by atoms with E-state index in [1.165, 1.54) is 11.3 Å². The highest BCUT2D eigenvalue weighted by molar-refractivity contribution is 7.12. The molecule has 1 unspecified atom stereocenters. The number of fused-ring (bicyclic) bond motifs is 1. The van der Waals surface area contributed by atoms with Crippen molar-refractivity contribution in [1.82, 2.24) is 19.8 Å². The molecule has 1 atom stereocenters. The molecule has 4 rings (SSSR count). The summed E-state index contributed by atoms with van der Waals surface area (Å²) in [6.45, 7) is 3.78. The second-order valence-electron chi connectivity index (χ2n) is 6.72. The molecule has 6 nitrogen and oxygen atoms in total. The van der Waals surface area contributed by atoms with Crippen LogP contribution >= 0.6 is 11.3 Å². The van der Waals surface area contributed by atoms with E-state index < -0.39 is 0 Å². The monoisotopic (exact) mass is 382 g/mol. The van der Waals surface area contributed by atoms with Gasteiger partial charge in [0.25, 0.3) is 5.91 Å². The van der Waals surface area contributed by atoms with Gasteiger partial charge < -0.3 is 14.8 Å². The lowest BCUT2D eigenvalue weighted by Gasteiger charge is -2.23. The van der Waals surface area contributed by atoms with Crippen molar-refractivity contribution in [3.8, 4) is 0 Å². The Kier molecular flexibility index (Phi) is 4.94. The van der Waals surface area contributed by atoms with Gasteiger partial charge in [0.2, 0.25) is 5.91 Å². The van der Waals surface area contributed by atoms with Crippen LogP contribution in [-0.2, 0) is 11.3 Å². The molecular weight excluding hydrogens is 360 g/mol. The summed E-state index contributed by atoms with van der Waals surface area (Å²) in [5.74, 6) is 0.819. The molecule has 0 bridgehead atoms. The van der Waals surface area contributed by atoms with Crippen molar-refractivity contribution in [2.45, 2.75) is 32.4 Å². The van der Waals surface area contributed by atoms with Crippen LogP contribution in [0.2, 0.25) is 0 Å². The number of aromatic nitrogens is 2. The number of para-hydroxylation sites is 2. The van der Waals surface area contributed by atoms with Crippen LogP contribution in [0.5, 0.6) is 0 Å². The Balaban J connectivity index is 1.39. The van der Waals surface area contributed by atoms with Crippen molar-refractivity contribution >= 4 is 34.2 Å². The Morgan fingerprint density at radius 3 is 2.93 bits per heavy atom. The predicted molar refractivity (Wildman–Crippen MR) is 106 cm³/mol. The minimum absolute atomic E-state index is 0.0425. The quantitative estimate of drug-likeness (QED) is 0.738. The molecule has 1 fully saturated rings. The molecule has 1 aliphatic rings. The first-order valence-electron chi connectivity index (χ1n) is 9.19. The lowest BCUT2D eigenvalue weighted by molar-refractivity contribution is -0.124. The van der Waals surface area contributed by atoms with Crippen LogP contribution in [0.1, 0.15) is 28.3 Å². The van der Waals surface area contributed by atoms with Crippen LogP contribution < -0.4 is 5.32 Å². The minimum Gasteiger partial charge on any atom is -0.353 e. The molecule has 2 amide bonds. The van der Waals surface area contributed by atoms with Gasteiger partial charge in [-0.05, 0) is 43.3 Å². The van der Waals surface area contributed by atoms with E-state index in [0.717, 1.165) is 29.7 Å². The number of nitrogens with one attached hydrogen (secondary N) is 1. The number of carbonyl (C=O) groups is 2.